The Kier molecular flexibility index (Phi) is 8.22. The van der Waals surface area contributed by atoms with Gasteiger partial charge in [-0.15, -0.1) is 0 Å². The molecule has 1 aliphatic rings. The molecule has 1 aliphatic heterocycles. The maximum atomic E-state index is 2.45. The smallest absolute Gasteiger partial charge is 0.0622 e. The van der Waals surface area contributed by atoms with Gasteiger partial charge in [0.25, 0.3) is 0 Å². The van der Waals surface area contributed by atoms with Gasteiger partial charge >= 0.3 is 0 Å². The highest BCUT2D eigenvalue weighted by atomic mass is 32.5. The van der Waals surface area contributed by atoms with E-state index in [-0.39, 0.29) is 10.8 Å². The van der Waals surface area contributed by atoms with Gasteiger partial charge in [-0.05, 0) is 54.1 Å². The molecule has 0 aromatic heterocycles. The van der Waals surface area contributed by atoms with E-state index in [0.717, 1.165) is 0 Å². The number of benzene rings is 7. The summed E-state index contributed by atoms with van der Waals surface area (Å²) in [5.41, 5.74) is 4.41. The van der Waals surface area contributed by atoms with Crippen LogP contribution in [0.4, 0.5) is 0 Å². The molecule has 0 bridgehead atoms. The number of hydrogen-bond donors (Lipinski definition) is 0. The molecule has 0 nitrogen and oxygen atoms in total. The second-order valence-corrected chi connectivity index (χ2v) is 25.0. The quantitative estimate of drug-likeness (QED) is 0.150. The molecule has 8 rings (SSSR count). The predicted molar refractivity (Wildman–Crippen MR) is 209 cm³/mol. The van der Waals surface area contributed by atoms with E-state index in [1.807, 2.05) is 0 Å². The van der Waals surface area contributed by atoms with Gasteiger partial charge in [0.15, 0.2) is 17.8 Å². The van der Waals surface area contributed by atoms with Gasteiger partial charge in [0.05, 0.1) is 0 Å². The molecule has 7 aromatic rings. The van der Waals surface area contributed by atoms with Gasteiger partial charge in [-0.1, -0.05) is 164 Å². The monoisotopic (exact) mass is 658 g/mol. The van der Waals surface area contributed by atoms with E-state index in [0.29, 0.717) is 7.96 Å². The third-order valence-corrected chi connectivity index (χ3v) is 30.6. The molecular formula is C44H37P3+2. The van der Waals surface area contributed by atoms with Gasteiger partial charge < -0.3 is 0 Å². The van der Waals surface area contributed by atoms with Gasteiger partial charge in [0.1, 0.15) is 28.2 Å². The molecule has 1 saturated heterocycles. The fourth-order valence-electron chi connectivity index (χ4n) is 8.06. The minimum absolute atomic E-state index is 0.179. The van der Waals surface area contributed by atoms with Crippen molar-refractivity contribution in [3.05, 3.63) is 229 Å². The van der Waals surface area contributed by atoms with Crippen molar-refractivity contribution in [1.29, 1.82) is 0 Å². The Balaban J connectivity index is 1.68. The first-order chi connectivity index (χ1) is 23.3. The maximum absolute atomic E-state index is 2.45. The van der Waals surface area contributed by atoms with Crippen LogP contribution in [0.3, 0.4) is 0 Å². The Morgan fingerprint density at radius 3 is 1.00 bits per heavy atom. The lowest BCUT2D eigenvalue weighted by atomic mass is 9.84. The molecule has 0 saturated carbocycles. The molecule has 3 heteroatoms. The minimum Gasteiger partial charge on any atom is -0.0622 e. The molecule has 0 aliphatic carbocycles. The lowest BCUT2D eigenvalue weighted by Crippen LogP contribution is -2.41. The van der Waals surface area contributed by atoms with Crippen molar-refractivity contribution >= 4 is 43.1 Å². The van der Waals surface area contributed by atoms with Crippen molar-refractivity contribution in [2.45, 2.75) is 10.8 Å². The standard InChI is InChI=1S/C44H37P3/c1-8-22-36(23-9-1)43-44(37-24-10-2-11-25-37,38-26-12-3-13-27-38)47(41-32-18-6-19-33-41,42-34-20-7-21-35-42)45-46(43,39-28-14-4-15-29-39)40-30-16-5-17-31-40/h1-35,43,45H/q+2. The van der Waals surface area contributed by atoms with Crippen LogP contribution < -0.4 is 21.2 Å². The van der Waals surface area contributed by atoms with E-state index >= 15 is 0 Å². The Morgan fingerprint density at radius 2 is 0.638 bits per heavy atom. The lowest BCUT2D eigenvalue weighted by Gasteiger charge is -2.41. The van der Waals surface area contributed by atoms with Crippen LogP contribution in [-0.2, 0) is 5.16 Å². The second-order valence-electron chi connectivity index (χ2n) is 12.1. The van der Waals surface area contributed by atoms with E-state index in [9.17, 15) is 0 Å². The van der Waals surface area contributed by atoms with Gasteiger partial charge in [-0.2, -0.15) is 0 Å². The van der Waals surface area contributed by atoms with E-state index in [2.05, 4.69) is 212 Å². The van der Waals surface area contributed by atoms with Crippen LogP contribution in [-0.4, -0.2) is 0 Å². The predicted octanol–water partition coefficient (Wildman–Crippen LogP) is 10.5. The summed E-state index contributed by atoms with van der Waals surface area (Å²) in [5, 5.41) is 5.57. The highest BCUT2D eigenvalue weighted by Gasteiger charge is 2.85. The molecule has 0 radical (unpaired) electrons. The van der Waals surface area contributed by atoms with E-state index < -0.39 is 13.9 Å². The Morgan fingerprint density at radius 1 is 0.340 bits per heavy atom. The average Bonchev–Trinajstić information content (AvgIpc) is 3.48. The van der Waals surface area contributed by atoms with Crippen LogP contribution in [0.25, 0.3) is 0 Å². The van der Waals surface area contributed by atoms with Crippen LogP contribution >= 0.6 is 21.9 Å². The minimum atomic E-state index is -2.33. The summed E-state index contributed by atoms with van der Waals surface area (Å²) >= 11 is 0. The molecule has 226 valence electrons. The van der Waals surface area contributed by atoms with Crippen molar-refractivity contribution in [2.24, 2.45) is 0 Å². The van der Waals surface area contributed by atoms with Gasteiger partial charge in [-0.25, -0.2) is 0 Å². The zero-order valence-corrected chi connectivity index (χ0v) is 29.0. The lowest BCUT2D eigenvalue weighted by molar-refractivity contribution is 0.703. The third-order valence-electron chi connectivity index (χ3n) is 9.78. The molecule has 7 aromatic carbocycles. The first kappa shape index (κ1) is 30.2. The molecule has 0 N–H and O–H groups in total. The van der Waals surface area contributed by atoms with E-state index in [1.54, 1.807) is 0 Å². The summed E-state index contributed by atoms with van der Waals surface area (Å²) in [6.45, 7) is -4.54. The number of hydrogen-bond acceptors (Lipinski definition) is 0. The summed E-state index contributed by atoms with van der Waals surface area (Å²) in [5.74, 6) is 0. The normalized spacial score (nSPS) is 18.1. The van der Waals surface area contributed by atoms with Crippen molar-refractivity contribution in [2.75, 3.05) is 0 Å². The largest absolute Gasteiger partial charge is 0.219 e. The first-order valence-corrected chi connectivity index (χ1v) is 22.6. The zero-order valence-electron chi connectivity index (χ0n) is 26.2. The Bertz CT molecular complexity index is 1920. The number of rotatable bonds is 7. The van der Waals surface area contributed by atoms with Crippen molar-refractivity contribution < 1.29 is 0 Å². The molecule has 1 heterocycles. The second kappa shape index (κ2) is 12.8. The van der Waals surface area contributed by atoms with Crippen molar-refractivity contribution in [3.8, 4) is 0 Å². The summed E-state index contributed by atoms with van der Waals surface area (Å²) in [4.78, 5) is 0. The fourth-order valence-corrected chi connectivity index (χ4v) is 37.0. The molecule has 0 spiro atoms. The average molecular weight is 659 g/mol. The first-order valence-electron chi connectivity index (χ1n) is 16.3. The highest BCUT2D eigenvalue weighted by Crippen LogP contribution is 3.10. The van der Waals surface area contributed by atoms with Gasteiger partial charge in [-0.3, -0.25) is 0 Å². The zero-order chi connectivity index (χ0) is 31.6. The highest BCUT2D eigenvalue weighted by molar-refractivity contribution is 8.71. The van der Waals surface area contributed by atoms with Crippen LogP contribution in [0.1, 0.15) is 22.3 Å². The van der Waals surface area contributed by atoms with Gasteiger partial charge in [0, 0.05) is 11.1 Å². The van der Waals surface area contributed by atoms with Crippen LogP contribution in [0, 0.1) is 0 Å². The van der Waals surface area contributed by atoms with Crippen molar-refractivity contribution in [1.82, 2.24) is 0 Å². The summed E-state index contributed by atoms with van der Waals surface area (Å²) < 4.78 is 0. The maximum Gasteiger partial charge on any atom is 0.219 e. The topological polar surface area (TPSA) is 0 Å². The van der Waals surface area contributed by atoms with E-state index in [1.165, 1.54) is 37.9 Å². The summed E-state index contributed by atoms with van der Waals surface area (Å²) in [6.07, 6.45) is 0. The molecule has 0 amide bonds. The molecule has 1 fully saturated rings. The summed E-state index contributed by atoms with van der Waals surface area (Å²) in [6, 6.07) is 81.1. The van der Waals surface area contributed by atoms with Gasteiger partial charge in [0.2, 0.25) is 7.96 Å². The molecular weight excluding hydrogens is 621 g/mol. The van der Waals surface area contributed by atoms with E-state index in [4.69, 9.17) is 0 Å². The van der Waals surface area contributed by atoms with Crippen LogP contribution in [0.2, 0.25) is 0 Å². The van der Waals surface area contributed by atoms with Crippen LogP contribution in [0.15, 0.2) is 212 Å². The fraction of sp³-hybridized carbons (Fsp3) is 0.0455. The third kappa shape index (κ3) is 4.70. The molecule has 2 unspecified atom stereocenters. The molecule has 2 atom stereocenters. The Labute approximate surface area is 281 Å². The Hall–Kier alpha value is -4.17. The summed E-state index contributed by atoms with van der Waals surface area (Å²) in [7, 11) is 0.672. The van der Waals surface area contributed by atoms with Crippen LogP contribution in [0.5, 0.6) is 0 Å². The molecule has 47 heavy (non-hydrogen) atoms. The SMILES string of the molecule is c1ccc(C2C(c3ccccc3)(c3ccccc3)[P+](c3ccccc3)(c3ccccc3)P[P+]2(c2ccccc2)c2ccccc2)cc1. The van der Waals surface area contributed by atoms with Crippen molar-refractivity contribution in [3.63, 3.8) is 0 Å².